The van der Waals surface area contributed by atoms with E-state index < -0.39 is 40.0 Å². The van der Waals surface area contributed by atoms with Gasteiger partial charge in [-0.3, -0.25) is 10.1 Å². The third kappa shape index (κ3) is 5.97. The van der Waals surface area contributed by atoms with Crippen LogP contribution in [0.4, 0.5) is 4.79 Å². The quantitative estimate of drug-likeness (QED) is 0.441. The number of sulfonamides is 1. The Labute approximate surface area is 151 Å². The maximum Gasteiger partial charge on any atom is 0.338 e. The number of carbonyl (C=O) groups is 3. The number of hydrogen-bond acceptors (Lipinski definition) is 6. The zero-order chi connectivity index (χ0) is 19.9. The van der Waals surface area contributed by atoms with E-state index in [0.29, 0.717) is 0 Å². The molecular weight excluding hydrogens is 362 g/mol. The van der Waals surface area contributed by atoms with E-state index in [2.05, 4.69) is 11.3 Å². The molecule has 0 bridgehead atoms. The summed E-state index contributed by atoms with van der Waals surface area (Å²) in [6, 6.07) is 4.07. The number of benzene rings is 1. The van der Waals surface area contributed by atoms with Crippen molar-refractivity contribution >= 4 is 27.9 Å². The van der Waals surface area contributed by atoms with Gasteiger partial charge in [0.25, 0.3) is 5.91 Å². The third-order valence-electron chi connectivity index (χ3n) is 3.14. The number of amides is 3. The smallest absolute Gasteiger partial charge is 0.338 e. The topological polar surface area (TPSA) is 145 Å². The number of rotatable bonds is 8. The van der Waals surface area contributed by atoms with Crippen molar-refractivity contribution in [3.63, 3.8) is 0 Å². The fourth-order valence-electron chi connectivity index (χ4n) is 1.91. The summed E-state index contributed by atoms with van der Waals surface area (Å²) in [5.74, 6) is -2.22. The number of esters is 1. The Morgan fingerprint density at radius 3 is 2.50 bits per heavy atom. The molecule has 0 radical (unpaired) electrons. The van der Waals surface area contributed by atoms with Crippen LogP contribution in [0.3, 0.4) is 0 Å². The average molecular weight is 383 g/mol. The molecule has 0 fully saturated rings. The van der Waals surface area contributed by atoms with Gasteiger partial charge in [0.05, 0.1) is 10.5 Å². The molecule has 10 heteroatoms. The number of primary amides is 1. The fraction of sp³-hybridized carbons (Fsp3) is 0.312. The maximum absolute atomic E-state index is 12.3. The Morgan fingerprint density at radius 1 is 1.31 bits per heavy atom. The zero-order valence-corrected chi connectivity index (χ0v) is 15.2. The molecule has 0 unspecified atom stereocenters. The minimum Gasteiger partial charge on any atom is -0.448 e. The number of ether oxygens (including phenoxy) is 1. The van der Waals surface area contributed by atoms with Crippen molar-refractivity contribution in [2.75, 3.05) is 6.54 Å². The number of hydrogen-bond donors (Lipinski definition) is 3. The van der Waals surface area contributed by atoms with Gasteiger partial charge in [-0.25, -0.2) is 22.7 Å². The first-order valence-corrected chi connectivity index (χ1v) is 9.08. The molecule has 9 nitrogen and oxygen atoms in total. The number of imide groups is 1. The number of nitrogens with one attached hydrogen (secondary N) is 2. The van der Waals surface area contributed by atoms with Gasteiger partial charge in [0, 0.05) is 6.54 Å². The Hall–Kier alpha value is -2.72. The van der Waals surface area contributed by atoms with E-state index in [1.807, 2.05) is 5.32 Å². The van der Waals surface area contributed by atoms with E-state index in [0.717, 1.165) is 6.07 Å². The van der Waals surface area contributed by atoms with E-state index in [1.165, 1.54) is 24.3 Å². The summed E-state index contributed by atoms with van der Waals surface area (Å²) in [5.41, 5.74) is 4.82. The molecule has 1 atom stereocenters. The average Bonchev–Trinajstić information content (AvgIpc) is 2.56. The van der Waals surface area contributed by atoms with E-state index in [1.54, 1.807) is 13.8 Å². The van der Waals surface area contributed by atoms with Crippen LogP contribution in [0.1, 0.15) is 24.2 Å². The first kappa shape index (κ1) is 21.3. The summed E-state index contributed by atoms with van der Waals surface area (Å²) in [4.78, 5) is 34.9. The molecule has 1 rings (SSSR count). The molecule has 0 aromatic heterocycles. The van der Waals surface area contributed by atoms with Crippen LogP contribution in [0.15, 0.2) is 41.8 Å². The lowest BCUT2D eigenvalue weighted by molar-refractivity contribution is -0.130. The summed E-state index contributed by atoms with van der Waals surface area (Å²) in [6.45, 7) is 6.66. The second-order valence-corrected chi connectivity index (χ2v) is 7.36. The van der Waals surface area contributed by atoms with Crippen molar-refractivity contribution < 1.29 is 27.5 Å². The van der Waals surface area contributed by atoms with Gasteiger partial charge in [-0.05, 0) is 24.1 Å². The Balaban J connectivity index is 3.02. The van der Waals surface area contributed by atoms with Gasteiger partial charge in [0.2, 0.25) is 10.0 Å². The van der Waals surface area contributed by atoms with Crippen molar-refractivity contribution in [3.05, 3.63) is 42.5 Å². The minimum absolute atomic E-state index is 0.0275. The van der Waals surface area contributed by atoms with Crippen LogP contribution >= 0.6 is 0 Å². The van der Waals surface area contributed by atoms with Crippen molar-refractivity contribution in [1.82, 2.24) is 10.0 Å². The molecular formula is C16H21N3O6S. The lowest BCUT2D eigenvalue weighted by atomic mass is 10.1. The van der Waals surface area contributed by atoms with Gasteiger partial charge in [0.15, 0.2) is 6.10 Å². The number of carbonyl (C=O) groups excluding carboxylic acids is 3. The van der Waals surface area contributed by atoms with E-state index in [-0.39, 0.29) is 17.0 Å². The van der Waals surface area contributed by atoms with Crippen molar-refractivity contribution in [3.8, 4) is 0 Å². The van der Waals surface area contributed by atoms with Crippen molar-refractivity contribution in [2.24, 2.45) is 11.7 Å². The highest BCUT2D eigenvalue weighted by Crippen LogP contribution is 2.15. The molecule has 3 amide bonds. The number of nitrogens with two attached hydrogens (primary N) is 1. The van der Waals surface area contributed by atoms with Gasteiger partial charge < -0.3 is 10.5 Å². The first-order valence-electron chi connectivity index (χ1n) is 7.60. The SMILES string of the molecule is C=CCNS(=O)(=O)c1cccc(C(=O)O[C@H](C(=O)NC(N)=O)C(C)C)c1. The molecule has 0 heterocycles. The van der Waals surface area contributed by atoms with Gasteiger partial charge in [0.1, 0.15) is 0 Å². The van der Waals surface area contributed by atoms with Gasteiger partial charge in [-0.2, -0.15) is 0 Å². The summed E-state index contributed by atoms with van der Waals surface area (Å²) in [5, 5.41) is 1.85. The van der Waals surface area contributed by atoms with Crippen LogP contribution < -0.4 is 15.8 Å². The van der Waals surface area contributed by atoms with E-state index >= 15 is 0 Å². The van der Waals surface area contributed by atoms with Gasteiger partial charge >= 0.3 is 12.0 Å². The molecule has 1 aromatic rings. The largest absolute Gasteiger partial charge is 0.448 e. The predicted molar refractivity (Wildman–Crippen MR) is 93.6 cm³/mol. The Kier molecular flexibility index (Phi) is 7.47. The second-order valence-electron chi connectivity index (χ2n) is 5.59. The van der Waals surface area contributed by atoms with Gasteiger partial charge in [-0.1, -0.05) is 26.0 Å². The van der Waals surface area contributed by atoms with E-state index in [4.69, 9.17) is 10.5 Å². The monoisotopic (exact) mass is 383 g/mol. The number of urea groups is 1. The molecule has 0 aliphatic carbocycles. The van der Waals surface area contributed by atoms with Crippen LogP contribution in [0, 0.1) is 5.92 Å². The summed E-state index contributed by atoms with van der Waals surface area (Å²) in [6.07, 6.45) is 0.106. The summed E-state index contributed by atoms with van der Waals surface area (Å²) >= 11 is 0. The third-order valence-corrected chi connectivity index (χ3v) is 4.56. The molecule has 0 saturated carbocycles. The molecule has 26 heavy (non-hydrogen) atoms. The highest BCUT2D eigenvalue weighted by atomic mass is 32.2. The summed E-state index contributed by atoms with van der Waals surface area (Å²) in [7, 11) is -3.82. The van der Waals surface area contributed by atoms with Crippen molar-refractivity contribution in [2.45, 2.75) is 24.8 Å². The molecule has 4 N–H and O–H groups in total. The van der Waals surface area contributed by atoms with Crippen LogP contribution in [0.25, 0.3) is 0 Å². The lowest BCUT2D eigenvalue weighted by Gasteiger charge is -2.20. The molecule has 142 valence electrons. The van der Waals surface area contributed by atoms with Crippen LogP contribution in [-0.2, 0) is 19.6 Å². The normalized spacial score (nSPS) is 12.3. The van der Waals surface area contributed by atoms with Crippen LogP contribution in [0.5, 0.6) is 0 Å². The highest BCUT2D eigenvalue weighted by molar-refractivity contribution is 7.89. The fourth-order valence-corrected chi connectivity index (χ4v) is 2.95. The van der Waals surface area contributed by atoms with Crippen molar-refractivity contribution in [1.29, 1.82) is 0 Å². The Bertz CT molecular complexity index is 804. The van der Waals surface area contributed by atoms with E-state index in [9.17, 15) is 22.8 Å². The second kappa shape index (κ2) is 9.11. The standard InChI is InChI=1S/C16H21N3O6S/c1-4-8-18-26(23,24)12-7-5-6-11(9-12)15(21)25-13(10(2)3)14(20)19-16(17)22/h4-7,9-10,13,18H,1,8H2,2-3H3,(H3,17,19,20,22)/t13-/m0/s1. The zero-order valence-electron chi connectivity index (χ0n) is 14.4. The Morgan fingerprint density at radius 2 is 1.96 bits per heavy atom. The molecule has 0 saturated heterocycles. The van der Waals surface area contributed by atoms with Crippen LogP contribution in [0.2, 0.25) is 0 Å². The summed E-state index contributed by atoms with van der Waals surface area (Å²) < 4.78 is 31.6. The minimum atomic E-state index is -3.82. The highest BCUT2D eigenvalue weighted by Gasteiger charge is 2.28. The molecule has 0 aliphatic heterocycles. The molecule has 0 spiro atoms. The van der Waals surface area contributed by atoms with Gasteiger partial charge in [-0.15, -0.1) is 6.58 Å². The molecule has 1 aromatic carbocycles. The first-order chi connectivity index (χ1) is 12.1. The lowest BCUT2D eigenvalue weighted by Crippen LogP contribution is -2.45. The van der Waals surface area contributed by atoms with Crippen LogP contribution in [-0.4, -0.2) is 39.0 Å². The predicted octanol–water partition coefficient (Wildman–Crippen LogP) is 0.527. The maximum atomic E-state index is 12.3. The molecule has 0 aliphatic rings.